The Labute approximate surface area is 201 Å². The number of anilines is 2. The molecule has 3 amide bonds. The van der Waals surface area contributed by atoms with E-state index in [0.717, 1.165) is 6.42 Å². The summed E-state index contributed by atoms with van der Waals surface area (Å²) >= 11 is 0. The minimum atomic E-state index is -0.465. The molecular weight excluding hydrogens is 451 g/mol. The van der Waals surface area contributed by atoms with Gasteiger partial charge < -0.3 is 24.8 Å². The van der Waals surface area contributed by atoms with Crippen molar-refractivity contribution in [3.63, 3.8) is 0 Å². The number of ether oxygens (including phenoxy) is 1. The smallest absolute Gasteiger partial charge is 0.323 e. The van der Waals surface area contributed by atoms with E-state index in [1.54, 1.807) is 39.8 Å². The number of hydrogen-bond donors (Lipinski definition) is 2. The Morgan fingerprint density at radius 3 is 2.46 bits per heavy atom. The number of rotatable bonds is 4. The van der Waals surface area contributed by atoms with E-state index >= 15 is 0 Å². The second-order valence-electron chi connectivity index (χ2n) is 8.88. The van der Waals surface area contributed by atoms with Crippen LogP contribution in [0.5, 0.6) is 5.75 Å². The number of para-hydroxylation sites is 2. The lowest BCUT2D eigenvalue weighted by atomic mass is 9.82. The van der Waals surface area contributed by atoms with Crippen LogP contribution in [0.1, 0.15) is 28.4 Å². The van der Waals surface area contributed by atoms with Gasteiger partial charge in [-0.2, -0.15) is 0 Å². The number of amides is 3. The number of fused-ring (bicyclic) bond motifs is 4. The standard InChI is InChI=1S/C26H25FN4O4/c1-35-22-5-3-2-4-20(22)28-26(34)29-21-10-11-23(32)31-14-16-12-18(24(21)31)15-30(13-16)25(33)17-6-8-19(27)9-7-17/h2-11,16,18H,12-15H2,1H3,(H2,28,29,34)/t16-,18-/m0/s1. The van der Waals surface area contributed by atoms with Crippen LogP contribution >= 0.6 is 0 Å². The zero-order valence-corrected chi connectivity index (χ0v) is 19.2. The SMILES string of the molecule is COc1ccccc1NC(=O)Nc1ccc(=O)n2c1[C@H]1C[C@@H](CN(C(=O)c3ccc(F)cc3)C1)C2. The number of likely N-dealkylation sites (tertiary alicyclic amines) is 1. The van der Waals surface area contributed by atoms with Crippen LogP contribution in [-0.2, 0) is 6.54 Å². The number of carbonyl (C=O) groups is 2. The number of piperidine rings is 1. The van der Waals surface area contributed by atoms with E-state index < -0.39 is 11.8 Å². The van der Waals surface area contributed by atoms with Crippen LogP contribution in [0.25, 0.3) is 0 Å². The molecule has 1 aromatic heterocycles. The van der Waals surface area contributed by atoms with Crippen molar-refractivity contribution in [2.24, 2.45) is 5.92 Å². The van der Waals surface area contributed by atoms with E-state index in [1.165, 1.54) is 37.4 Å². The van der Waals surface area contributed by atoms with Crippen LogP contribution in [0.15, 0.2) is 65.5 Å². The Hall–Kier alpha value is -4.14. The quantitative estimate of drug-likeness (QED) is 0.598. The molecule has 2 aliphatic heterocycles. The number of urea groups is 1. The average molecular weight is 477 g/mol. The predicted octanol–water partition coefficient (Wildman–Crippen LogP) is 3.90. The summed E-state index contributed by atoms with van der Waals surface area (Å²) in [5.41, 5.74) is 2.04. The summed E-state index contributed by atoms with van der Waals surface area (Å²) in [7, 11) is 1.52. The number of methoxy groups -OCH3 is 1. The topological polar surface area (TPSA) is 92.7 Å². The van der Waals surface area contributed by atoms with Crippen LogP contribution in [0, 0.1) is 11.7 Å². The molecule has 1 fully saturated rings. The second-order valence-corrected chi connectivity index (χ2v) is 8.88. The van der Waals surface area contributed by atoms with Crippen molar-refractivity contribution in [1.29, 1.82) is 0 Å². The number of aromatic nitrogens is 1. The van der Waals surface area contributed by atoms with E-state index in [-0.39, 0.29) is 23.3 Å². The normalized spacial score (nSPS) is 18.4. The Balaban J connectivity index is 1.40. The monoisotopic (exact) mass is 476 g/mol. The van der Waals surface area contributed by atoms with Crippen molar-refractivity contribution in [3.05, 3.63) is 88.1 Å². The first kappa shape index (κ1) is 22.6. The molecule has 0 unspecified atom stereocenters. The molecule has 3 aromatic rings. The molecule has 8 nitrogen and oxygen atoms in total. The average Bonchev–Trinajstić information content (AvgIpc) is 2.86. The molecule has 5 rings (SSSR count). The highest BCUT2D eigenvalue weighted by Gasteiger charge is 2.38. The summed E-state index contributed by atoms with van der Waals surface area (Å²) < 4.78 is 20.3. The molecule has 1 saturated heterocycles. The van der Waals surface area contributed by atoms with Gasteiger partial charge in [-0.1, -0.05) is 12.1 Å². The molecule has 2 aromatic carbocycles. The van der Waals surface area contributed by atoms with Crippen molar-refractivity contribution in [1.82, 2.24) is 9.47 Å². The third-order valence-corrected chi connectivity index (χ3v) is 6.57. The molecule has 0 radical (unpaired) electrons. The number of carbonyl (C=O) groups excluding carboxylic acids is 2. The molecule has 0 spiro atoms. The van der Waals surface area contributed by atoms with Gasteiger partial charge in [0, 0.05) is 42.9 Å². The lowest BCUT2D eigenvalue weighted by molar-refractivity contribution is 0.0595. The summed E-state index contributed by atoms with van der Waals surface area (Å²) in [6, 6.07) is 15.2. The first-order valence-electron chi connectivity index (χ1n) is 11.4. The molecule has 2 N–H and O–H groups in total. The molecule has 3 heterocycles. The number of nitrogens with zero attached hydrogens (tertiary/aromatic N) is 2. The van der Waals surface area contributed by atoms with Gasteiger partial charge in [0.1, 0.15) is 11.6 Å². The van der Waals surface area contributed by atoms with Gasteiger partial charge in [0.05, 0.1) is 18.5 Å². The zero-order chi connectivity index (χ0) is 24.5. The Morgan fingerprint density at radius 2 is 1.69 bits per heavy atom. The molecule has 180 valence electrons. The Morgan fingerprint density at radius 1 is 0.943 bits per heavy atom. The molecular formula is C26H25FN4O4. The fourth-order valence-electron chi connectivity index (χ4n) is 5.09. The maximum Gasteiger partial charge on any atom is 0.323 e. The van der Waals surface area contributed by atoms with Gasteiger partial charge in [-0.05, 0) is 54.8 Å². The maximum absolute atomic E-state index is 13.3. The minimum absolute atomic E-state index is 0.112. The highest BCUT2D eigenvalue weighted by Crippen LogP contribution is 2.39. The summed E-state index contributed by atoms with van der Waals surface area (Å²) in [4.78, 5) is 40.3. The number of pyridine rings is 1. The lowest BCUT2D eigenvalue weighted by Gasteiger charge is -2.43. The first-order chi connectivity index (χ1) is 16.9. The summed E-state index contributed by atoms with van der Waals surface area (Å²) in [5, 5.41) is 5.65. The zero-order valence-electron chi connectivity index (χ0n) is 19.2. The third-order valence-electron chi connectivity index (χ3n) is 6.57. The largest absolute Gasteiger partial charge is 0.495 e. The highest BCUT2D eigenvalue weighted by atomic mass is 19.1. The van der Waals surface area contributed by atoms with E-state index in [1.807, 2.05) is 0 Å². The molecule has 35 heavy (non-hydrogen) atoms. The first-order valence-corrected chi connectivity index (χ1v) is 11.4. The van der Waals surface area contributed by atoms with Crippen molar-refractivity contribution >= 4 is 23.3 Å². The van der Waals surface area contributed by atoms with Gasteiger partial charge in [0.2, 0.25) is 0 Å². The number of halogens is 1. The van der Waals surface area contributed by atoms with E-state index in [9.17, 15) is 18.8 Å². The summed E-state index contributed by atoms with van der Waals surface area (Å²) in [6.07, 6.45) is 0.805. The third kappa shape index (κ3) is 4.49. The van der Waals surface area contributed by atoms with Crippen molar-refractivity contribution < 1.29 is 18.7 Å². The number of benzene rings is 2. The summed E-state index contributed by atoms with van der Waals surface area (Å²) in [6.45, 7) is 1.38. The van der Waals surface area contributed by atoms with Crippen LogP contribution in [-0.4, -0.2) is 41.6 Å². The Kier molecular flexibility index (Phi) is 5.98. The second kappa shape index (κ2) is 9.25. The van der Waals surface area contributed by atoms with Gasteiger partial charge in [-0.3, -0.25) is 9.59 Å². The van der Waals surface area contributed by atoms with Crippen molar-refractivity contribution in [2.45, 2.75) is 18.9 Å². The molecule has 2 bridgehead atoms. The Bertz CT molecular complexity index is 1340. The van der Waals surface area contributed by atoms with Crippen molar-refractivity contribution in [3.8, 4) is 5.75 Å². The van der Waals surface area contributed by atoms with E-state index in [2.05, 4.69) is 10.6 Å². The van der Waals surface area contributed by atoms with Crippen LogP contribution in [0.2, 0.25) is 0 Å². The van der Waals surface area contributed by atoms with Gasteiger partial charge in [-0.25, -0.2) is 9.18 Å². The fraction of sp³-hybridized carbons (Fsp3) is 0.269. The van der Waals surface area contributed by atoms with Gasteiger partial charge in [0.25, 0.3) is 11.5 Å². The highest BCUT2D eigenvalue weighted by molar-refractivity contribution is 6.01. The lowest BCUT2D eigenvalue weighted by Crippen LogP contribution is -2.49. The van der Waals surface area contributed by atoms with Crippen LogP contribution < -0.4 is 20.9 Å². The molecule has 2 atom stereocenters. The fourth-order valence-corrected chi connectivity index (χ4v) is 5.09. The minimum Gasteiger partial charge on any atom is -0.495 e. The molecule has 2 aliphatic rings. The van der Waals surface area contributed by atoms with Gasteiger partial charge >= 0.3 is 6.03 Å². The van der Waals surface area contributed by atoms with Crippen LogP contribution in [0.3, 0.4) is 0 Å². The maximum atomic E-state index is 13.3. The van der Waals surface area contributed by atoms with Crippen molar-refractivity contribution in [2.75, 3.05) is 30.8 Å². The van der Waals surface area contributed by atoms with E-state index in [0.29, 0.717) is 48.0 Å². The van der Waals surface area contributed by atoms with Crippen LogP contribution in [0.4, 0.5) is 20.6 Å². The predicted molar refractivity (Wildman–Crippen MR) is 129 cm³/mol. The molecule has 0 aliphatic carbocycles. The molecule has 0 saturated carbocycles. The number of nitrogens with one attached hydrogen (secondary N) is 2. The molecule has 9 heteroatoms. The van der Waals surface area contributed by atoms with Gasteiger partial charge in [-0.15, -0.1) is 0 Å². The summed E-state index contributed by atoms with van der Waals surface area (Å²) in [5.74, 6) is -0.0512. The number of hydrogen-bond acceptors (Lipinski definition) is 4. The van der Waals surface area contributed by atoms with E-state index in [4.69, 9.17) is 4.74 Å². The van der Waals surface area contributed by atoms with Gasteiger partial charge in [0.15, 0.2) is 0 Å².